The van der Waals surface area contributed by atoms with Gasteiger partial charge >= 0.3 is 0 Å². The van der Waals surface area contributed by atoms with E-state index in [-0.39, 0.29) is 11.9 Å². The van der Waals surface area contributed by atoms with Gasteiger partial charge < -0.3 is 9.84 Å². The molecule has 3 nitrogen and oxygen atoms in total. The monoisotopic (exact) mass is 191 g/mol. The molecular weight excluding hydrogens is 178 g/mol. The van der Waals surface area contributed by atoms with Crippen LogP contribution in [0.4, 0.5) is 0 Å². The van der Waals surface area contributed by atoms with Crippen LogP contribution in [0.15, 0.2) is 29.3 Å². The summed E-state index contributed by atoms with van der Waals surface area (Å²) in [4.78, 5) is 4.25. The van der Waals surface area contributed by atoms with E-state index in [0.717, 1.165) is 6.42 Å². The molecule has 1 aromatic carbocycles. The number of nitrogens with zero attached hydrogens (tertiary/aromatic N) is 1. The van der Waals surface area contributed by atoms with Crippen molar-refractivity contribution in [2.24, 2.45) is 4.99 Å². The van der Waals surface area contributed by atoms with Crippen LogP contribution in [-0.2, 0) is 4.74 Å². The van der Waals surface area contributed by atoms with Gasteiger partial charge in [0.25, 0.3) is 0 Å². The Morgan fingerprint density at radius 1 is 1.50 bits per heavy atom. The molecule has 2 rings (SSSR count). The first kappa shape index (κ1) is 9.06. The van der Waals surface area contributed by atoms with Crippen molar-refractivity contribution >= 4 is 5.90 Å². The highest BCUT2D eigenvalue weighted by molar-refractivity contribution is 5.97. The van der Waals surface area contributed by atoms with Crippen molar-refractivity contribution in [3.8, 4) is 5.75 Å². The molecule has 0 radical (unpaired) electrons. The largest absolute Gasteiger partial charge is 0.507 e. The molecule has 1 N–H and O–H groups in total. The summed E-state index contributed by atoms with van der Waals surface area (Å²) < 4.78 is 5.57. The van der Waals surface area contributed by atoms with Crippen LogP contribution in [0.2, 0.25) is 0 Å². The van der Waals surface area contributed by atoms with Gasteiger partial charge in [-0.2, -0.15) is 0 Å². The van der Waals surface area contributed by atoms with Crippen molar-refractivity contribution in [2.45, 2.75) is 19.4 Å². The van der Waals surface area contributed by atoms with E-state index in [9.17, 15) is 5.11 Å². The topological polar surface area (TPSA) is 41.8 Å². The van der Waals surface area contributed by atoms with Crippen molar-refractivity contribution < 1.29 is 9.84 Å². The minimum absolute atomic E-state index is 0.171. The predicted octanol–water partition coefficient (Wildman–Crippen LogP) is 1.95. The minimum atomic E-state index is 0.171. The Morgan fingerprint density at radius 3 is 2.93 bits per heavy atom. The molecule has 0 saturated heterocycles. The van der Waals surface area contributed by atoms with E-state index >= 15 is 0 Å². The first-order valence-corrected chi connectivity index (χ1v) is 4.80. The molecular formula is C11H13NO2. The zero-order chi connectivity index (χ0) is 9.97. The standard InChI is InChI=1S/C11H13NO2/c1-2-8-7-12-11(14-8)9-5-3-4-6-10(9)13/h3-6,8,13H,2,7H2,1H3. The summed E-state index contributed by atoms with van der Waals surface area (Å²) in [7, 11) is 0. The summed E-state index contributed by atoms with van der Waals surface area (Å²) in [5.41, 5.74) is 0.684. The van der Waals surface area contributed by atoms with E-state index in [2.05, 4.69) is 11.9 Å². The molecule has 0 fully saturated rings. The van der Waals surface area contributed by atoms with Gasteiger partial charge in [0.1, 0.15) is 11.9 Å². The van der Waals surface area contributed by atoms with E-state index in [0.29, 0.717) is 18.0 Å². The average molecular weight is 191 g/mol. The van der Waals surface area contributed by atoms with Crippen LogP contribution in [0.5, 0.6) is 5.75 Å². The van der Waals surface area contributed by atoms with E-state index < -0.39 is 0 Å². The molecule has 14 heavy (non-hydrogen) atoms. The van der Waals surface area contributed by atoms with Crippen molar-refractivity contribution in [1.82, 2.24) is 0 Å². The molecule has 0 spiro atoms. The van der Waals surface area contributed by atoms with Crippen LogP contribution in [-0.4, -0.2) is 23.7 Å². The van der Waals surface area contributed by atoms with Gasteiger partial charge in [0.15, 0.2) is 0 Å². The van der Waals surface area contributed by atoms with Gasteiger partial charge in [-0.05, 0) is 18.6 Å². The molecule has 1 aliphatic heterocycles. The van der Waals surface area contributed by atoms with Crippen LogP contribution in [0.3, 0.4) is 0 Å². The molecule has 3 heteroatoms. The van der Waals surface area contributed by atoms with Crippen molar-refractivity contribution in [3.63, 3.8) is 0 Å². The van der Waals surface area contributed by atoms with E-state index in [1.54, 1.807) is 12.1 Å². The van der Waals surface area contributed by atoms with Crippen LogP contribution in [0, 0.1) is 0 Å². The van der Waals surface area contributed by atoms with Gasteiger partial charge in [0, 0.05) is 0 Å². The Bertz CT molecular complexity index is 360. The lowest BCUT2D eigenvalue weighted by Crippen LogP contribution is -2.11. The zero-order valence-corrected chi connectivity index (χ0v) is 8.10. The van der Waals surface area contributed by atoms with Crippen LogP contribution in [0.25, 0.3) is 0 Å². The lowest BCUT2D eigenvalue weighted by molar-refractivity contribution is 0.220. The number of ether oxygens (including phenoxy) is 1. The molecule has 1 heterocycles. The van der Waals surface area contributed by atoms with E-state index in [1.807, 2.05) is 12.1 Å². The third-order valence-electron chi connectivity index (χ3n) is 2.31. The molecule has 1 unspecified atom stereocenters. The second-order valence-corrected chi connectivity index (χ2v) is 3.31. The lowest BCUT2D eigenvalue weighted by atomic mass is 10.2. The Labute approximate surface area is 83.1 Å². The third kappa shape index (κ3) is 1.58. The molecule has 1 aromatic rings. The normalized spacial score (nSPS) is 20.4. The van der Waals surface area contributed by atoms with Crippen molar-refractivity contribution in [2.75, 3.05) is 6.54 Å². The molecule has 0 aromatic heterocycles. The van der Waals surface area contributed by atoms with Gasteiger partial charge in [-0.3, -0.25) is 0 Å². The first-order chi connectivity index (χ1) is 6.81. The third-order valence-corrected chi connectivity index (χ3v) is 2.31. The maximum Gasteiger partial charge on any atom is 0.220 e. The first-order valence-electron chi connectivity index (χ1n) is 4.80. The van der Waals surface area contributed by atoms with Crippen molar-refractivity contribution in [3.05, 3.63) is 29.8 Å². The Kier molecular flexibility index (Phi) is 2.39. The van der Waals surface area contributed by atoms with Gasteiger partial charge in [-0.25, -0.2) is 4.99 Å². The quantitative estimate of drug-likeness (QED) is 0.776. The Balaban J connectivity index is 2.22. The number of hydrogen-bond acceptors (Lipinski definition) is 3. The summed E-state index contributed by atoms with van der Waals surface area (Å²) in [6.07, 6.45) is 1.12. The highest BCUT2D eigenvalue weighted by Crippen LogP contribution is 2.21. The molecule has 0 aliphatic carbocycles. The van der Waals surface area contributed by atoms with E-state index in [1.165, 1.54) is 0 Å². The molecule has 0 amide bonds. The average Bonchev–Trinajstić information content (AvgIpc) is 2.67. The molecule has 74 valence electrons. The zero-order valence-electron chi connectivity index (χ0n) is 8.10. The number of rotatable bonds is 2. The number of phenolic OH excluding ortho intramolecular Hbond substituents is 1. The highest BCUT2D eigenvalue weighted by Gasteiger charge is 2.20. The van der Waals surface area contributed by atoms with Crippen molar-refractivity contribution in [1.29, 1.82) is 0 Å². The van der Waals surface area contributed by atoms with Gasteiger partial charge in [0.2, 0.25) is 5.90 Å². The fourth-order valence-electron chi connectivity index (χ4n) is 1.43. The van der Waals surface area contributed by atoms with Gasteiger partial charge in [-0.15, -0.1) is 0 Å². The Hall–Kier alpha value is -1.51. The summed E-state index contributed by atoms with van der Waals surface area (Å²) in [5, 5.41) is 9.57. The van der Waals surface area contributed by atoms with Gasteiger partial charge in [0.05, 0.1) is 12.1 Å². The van der Waals surface area contributed by atoms with E-state index in [4.69, 9.17) is 4.74 Å². The summed E-state index contributed by atoms with van der Waals surface area (Å²) in [6.45, 7) is 2.76. The fraction of sp³-hybridized carbons (Fsp3) is 0.364. The summed E-state index contributed by atoms with van der Waals surface area (Å²) >= 11 is 0. The number of phenols is 1. The van der Waals surface area contributed by atoms with Crippen LogP contribution in [0.1, 0.15) is 18.9 Å². The summed E-state index contributed by atoms with van der Waals surface area (Å²) in [5.74, 6) is 0.790. The number of para-hydroxylation sites is 1. The maximum atomic E-state index is 9.57. The second-order valence-electron chi connectivity index (χ2n) is 3.31. The smallest absolute Gasteiger partial charge is 0.220 e. The number of hydrogen-bond donors (Lipinski definition) is 1. The van der Waals surface area contributed by atoms with Gasteiger partial charge in [-0.1, -0.05) is 19.1 Å². The fourth-order valence-corrected chi connectivity index (χ4v) is 1.43. The summed E-state index contributed by atoms with van der Waals surface area (Å²) in [6, 6.07) is 7.10. The number of aliphatic imine (C=N–C) groups is 1. The molecule has 0 bridgehead atoms. The van der Waals surface area contributed by atoms with Crippen LogP contribution < -0.4 is 0 Å². The highest BCUT2D eigenvalue weighted by atomic mass is 16.5. The SMILES string of the molecule is CCC1CN=C(c2ccccc2O)O1. The molecule has 1 aliphatic rings. The predicted molar refractivity (Wildman–Crippen MR) is 54.7 cm³/mol. The Morgan fingerprint density at radius 2 is 2.29 bits per heavy atom. The second kappa shape index (κ2) is 3.70. The number of aromatic hydroxyl groups is 1. The molecule has 1 atom stereocenters. The molecule has 0 saturated carbocycles. The number of benzene rings is 1. The lowest BCUT2D eigenvalue weighted by Gasteiger charge is -2.08. The minimum Gasteiger partial charge on any atom is -0.507 e. The van der Waals surface area contributed by atoms with Crippen LogP contribution >= 0.6 is 0 Å². The maximum absolute atomic E-state index is 9.57.